The molecule has 2 N–H and O–H groups in total. The average Bonchev–Trinajstić information content (AvgIpc) is 2.93. The molecular formula is C14H22N6O. The standard InChI is InChI=1S/C14H22N6O/c1-10-6-16-20(8-10)9-12(3)15-7-14(21)17-13-5-11(2)18-19(13)4/h5-6,8,12,15H,7,9H2,1-4H3,(H,17,21)/t12-/m1/s1. The molecule has 0 aliphatic carbocycles. The Bertz CT molecular complexity index is 615. The van der Waals surface area contributed by atoms with Gasteiger partial charge in [0.05, 0.1) is 25.0 Å². The molecule has 0 fully saturated rings. The van der Waals surface area contributed by atoms with Crippen molar-refractivity contribution in [2.24, 2.45) is 7.05 Å². The molecule has 0 saturated heterocycles. The highest BCUT2D eigenvalue weighted by Crippen LogP contribution is 2.07. The zero-order valence-corrected chi connectivity index (χ0v) is 12.9. The Labute approximate surface area is 124 Å². The average molecular weight is 290 g/mol. The van der Waals surface area contributed by atoms with E-state index in [0.29, 0.717) is 5.82 Å². The summed E-state index contributed by atoms with van der Waals surface area (Å²) in [6.45, 7) is 6.91. The van der Waals surface area contributed by atoms with Crippen LogP contribution in [0.4, 0.5) is 5.82 Å². The first kappa shape index (κ1) is 15.2. The van der Waals surface area contributed by atoms with Crippen LogP contribution in [0.5, 0.6) is 0 Å². The zero-order valence-electron chi connectivity index (χ0n) is 12.9. The Morgan fingerprint density at radius 1 is 1.43 bits per heavy atom. The maximum atomic E-state index is 11.9. The van der Waals surface area contributed by atoms with Gasteiger partial charge < -0.3 is 10.6 Å². The lowest BCUT2D eigenvalue weighted by atomic mass is 10.3. The number of nitrogens with one attached hydrogen (secondary N) is 2. The molecule has 0 saturated carbocycles. The van der Waals surface area contributed by atoms with Gasteiger partial charge in [0, 0.05) is 25.4 Å². The van der Waals surface area contributed by atoms with E-state index in [1.165, 1.54) is 0 Å². The van der Waals surface area contributed by atoms with E-state index in [-0.39, 0.29) is 18.5 Å². The third-order valence-electron chi connectivity index (χ3n) is 3.10. The fraction of sp³-hybridized carbons (Fsp3) is 0.500. The molecule has 0 spiro atoms. The molecule has 21 heavy (non-hydrogen) atoms. The van der Waals surface area contributed by atoms with Crippen molar-refractivity contribution in [2.45, 2.75) is 33.4 Å². The van der Waals surface area contributed by atoms with E-state index in [4.69, 9.17) is 0 Å². The second-order valence-electron chi connectivity index (χ2n) is 5.36. The minimum Gasteiger partial charge on any atom is -0.310 e. The van der Waals surface area contributed by atoms with Gasteiger partial charge in [-0.2, -0.15) is 10.2 Å². The highest BCUT2D eigenvalue weighted by molar-refractivity contribution is 5.91. The van der Waals surface area contributed by atoms with Crippen molar-refractivity contribution in [3.63, 3.8) is 0 Å². The predicted molar refractivity (Wildman–Crippen MR) is 81.0 cm³/mol. The molecule has 7 nitrogen and oxygen atoms in total. The summed E-state index contributed by atoms with van der Waals surface area (Å²) in [7, 11) is 1.80. The number of aryl methyl sites for hydroxylation is 3. The summed E-state index contributed by atoms with van der Waals surface area (Å²) >= 11 is 0. The van der Waals surface area contributed by atoms with Crippen LogP contribution >= 0.6 is 0 Å². The van der Waals surface area contributed by atoms with Crippen LogP contribution in [0.25, 0.3) is 0 Å². The van der Waals surface area contributed by atoms with E-state index in [0.717, 1.165) is 17.8 Å². The summed E-state index contributed by atoms with van der Waals surface area (Å²) < 4.78 is 3.53. The normalized spacial score (nSPS) is 12.4. The molecule has 0 bridgehead atoms. The summed E-state index contributed by atoms with van der Waals surface area (Å²) in [5.74, 6) is 0.621. The van der Waals surface area contributed by atoms with Crippen LogP contribution in [0.3, 0.4) is 0 Å². The molecule has 2 aromatic rings. The van der Waals surface area contributed by atoms with E-state index >= 15 is 0 Å². The van der Waals surface area contributed by atoms with Gasteiger partial charge in [0.1, 0.15) is 5.82 Å². The summed E-state index contributed by atoms with van der Waals surface area (Å²) in [5.41, 5.74) is 2.01. The van der Waals surface area contributed by atoms with E-state index in [1.54, 1.807) is 11.7 Å². The first-order valence-corrected chi connectivity index (χ1v) is 6.97. The molecule has 2 rings (SSSR count). The summed E-state index contributed by atoms with van der Waals surface area (Å²) in [4.78, 5) is 11.9. The maximum absolute atomic E-state index is 11.9. The van der Waals surface area contributed by atoms with Crippen molar-refractivity contribution >= 4 is 11.7 Å². The Morgan fingerprint density at radius 3 is 2.76 bits per heavy atom. The zero-order chi connectivity index (χ0) is 15.4. The van der Waals surface area contributed by atoms with E-state index in [2.05, 4.69) is 20.8 Å². The van der Waals surface area contributed by atoms with Crippen LogP contribution in [0, 0.1) is 13.8 Å². The highest BCUT2D eigenvalue weighted by atomic mass is 16.2. The summed E-state index contributed by atoms with van der Waals surface area (Å²) in [6.07, 6.45) is 3.81. The molecule has 0 radical (unpaired) electrons. The van der Waals surface area contributed by atoms with Crippen molar-refractivity contribution < 1.29 is 4.79 Å². The number of anilines is 1. The molecule has 1 atom stereocenters. The second-order valence-corrected chi connectivity index (χ2v) is 5.36. The van der Waals surface area contributed by atoms with Gasteiger partial charge in [-0.15, -0.1) is 0 Å². The van der Waals surface area contributed by atoms with Gasteiger partial charge in [-0.1, -0.05) is 0 Å². The Kier molecular flexibility index (Phi) is 4.74. The van der Waals surface area contributed by atoms with Crippen molar-refractivity contribution in [3.8, 4) is 0 Å². The molecule has 114 valence electrons. The van der Waals surface area contributed by atoms with Crippen LogP contribution in [-0.4, -0.2) is 38.1 Å². The minimum atomic E-state index is -0.0819. The summed E-state index contributed by atoms with van der Waals surface area (Å²) in [6, 6.07) is 2.00. The molecule has 2 heterocycles. The number of aromatic nitrogens is 4. The minimum absolute atomic E-state index is 0.0819. The monoisotopic (exact) mass is 290 g/mol. The van der Waals surface area contributed by atoms with Crippen LogP contribution < -0.4 is 10.6 Å². The second kappa shape index (κ2) is 6.53. The Hall–Kier alpha value is -2.15. The van der Waals surface area contributed by atoms with E-state index in [9.17, 15) is 4.79 Å². The molecule has 0 aliphatic rings. The fourth-order valence-corrected chi connectivity index (χ4v) is 2.09. The topological polar surface area (TPSA) is 76.8 Å². The first-order valence-electron chi connectivity index (χ1n) is 6.97. The third-order valence-corrected chi connectivity index (χ3v) is 3.10. The van der Waals surface area contributed by atoms with E-state index < -0.39 is 0 Å². The van der Waals surface area contributed by atoms with Crippen LogP contribution in [-0.2, 0) is 18.4 Å². The molecule has 1 amide bonds. The third kappa shape index (κ3) is 4.42. The maximum Gasteiger partial charge on any atom is 0.239 e. The van der Waals surface area contributed by atoms with Crippen molar-refractivity contribution in [1.29, 1.82) is 0 Å². The molecule has 0 aliphatic heterocycles. The number of rotatable bonds is 6. The summed E-state index contributed by atoms with van der Waals surface area (Å²) in [5, 5.41) is 14.4. The fourth-order valence-electron chi connectivity index (χ4n) is 2.09. The quantitative estimate of drug-likeness (QED) is 0.827. The number of hydrogen-bond donors (Lipinski definition) is 2. The van der Waals surface area contributed by atoms with Gasteiger partial charge >= 0.3 is 0 Å². The SMILES string of the molecule is Cc1cnn(C[C@@H](C)NCC(=O)Nc2cc(C)nn2C)c1. The van der Waals surface area contributed by atoms with Gasteiger partial charge in [-0.25, -0.2) is 0 Å². The lowest BCUT2D eigenvalue weighted by Gasteiger charge is -2.13. The van der Waals surface area contributed by atoms with Gasteiger partial charge in [-0.05, 0) is 26.3 Å². The Balaban J connectivity index is 1.77. The number of nitrogens with zero attached hydrogens (tertiary/aromatic N) is 4. The molecule has 0 aromatic carbocycles. The largest absolute Gasteiger partial charge is 0.310 e. The Morgan fingerprint density at radius 2 is 2.19 bits per heavy atom. The lowest BCUT2D eigenvalue weighted by molar-refractivity contribution is -0.115. The van der Waals surface area contributed by atoms with Crippen LogP contribution in [0.1, 0.15) is 18.2 Å². The first-order chi connectivity index (χ1) is 9.94. The lowest BCUT2D eigenvalue weighted by Crippen LogP contribution is -2.37. The van der Waals surface area contributed by atoms with Gasteiger partial charge in [0.2, 0.25) is 5.91 Å². The van der Waals surface area contributed by atoms with Crippen molar-refractivity contribution in [1.82, 2.24) is 24.9 Å². The van der Waals surface area contributed by atoms with Crippen molar-refractivity contribution in [3.05, 3.63) is 29.7 Å². The number of carbonyl (C=O) groups is 1. The van der Waals surface area contributed by atoms with Crippen LogP contribution in [0.2, 0.25) is 0 Å². The number of hydrogen-bond acceptors (Lipinski definition) is 4. The number of amides is 1. The molecule has 2 aromatic heterocycles. The van der Waals surface area contributed by atoms with Crippen molar-refractivity contribution in [2.75, 3.05) is 11.9 Å². The van der Waals surface area contributed by atoms with E-state index in [1.807, 2.05) is 43.9 Å². The molecular weight excluding hydrogens is 268 g/mol. The van der Waals surface area contributed by atoms with Gasteiger partial charge in [0.25, 0.3) is 0 Å². The highest BCUT2D eigenvalue weighted by Gasteiger charge is 2.09. The molecule has 0 unspecified atom stereocenters. The predicted octanol–water partition coefficient (Wildman–Crippen LogP) is 0.850. The molecule has 7 heteroatoms. The van der Waals surface area contributed by atoms with Gasteiger partial charge in [0.15, 0.2) is 0 Å². The van der Waals surface area contributed by atoms with Gasteiger partial charge in [-0.3, -0.25) is 14.2 Å². The number of carbonyl (C=O) groups excluding carboxylic acids is 1. The van der Waals surface area contributed by atoms with Crippen LogP contribution in [0.15, 0.2) is 18.5 Å². The smallest absolute Gasteiger partial charge is 0.239 e.